The second-order valence-electron chi connectivity index (χ2n) is 6.95. The van der Waals surface area contributed by atoms with Crippen molar-refractivity contribution in [3.63, 3.8) is 0 Å². The van der Waals surface area contributed by atoms with Gasteiger partial charge in [-0.05, 0) is 40.5 Å². The molecule has 124 valence electrons. The zero-order valence-corrected chi connectivity index (χ0v) is 13.7. The maximum Gasteiger partial charge on any atom is 0.410 e. The van der Waals surface area contributed by atoms with Crippen molar-refractivity contribution < 1.29 is 19.1 Å². The second kappa shape index (κ2) is 6.14. The van der Waals surface area contributed by atoms with Gasteiger partial charge in [0.2, 0.25) is 11.8 Å². The number of rotatable bonds is 1. The summed E-state index contributed by atoms with van der Waals surface area (Å²) in [6.07, 6.45) is 1.03. The zero-order chi connectivity index (χ0) is 16.5. The number of nitrogens with one attached hydrogen (secondary N) is 1. The van der Waals surface area contributed by atoms with Gasteiger partial charge in [-0.15, -0.1) is 0 Å². The minimum absolute atomic E-state index is 0.0136. The van der Waals surface area contributed by atoms with E-state index in [2.05, 4.69) is 5.32 Å². The van der Waals surface area contributed by atoms with Crippen molar-refractivity contribution in [3.8, 4) is 0 Å². The maximum absolute atomic E-state index is 12.2. The van der Waals surface area contributed by atoms with Gasteiger partial charge < -0.3 is 19.9 Å². The highest BCUT2D eigenvalue weighted by Gasteiger charge is 2.36. The monoisotopic (exact) mass is 311 g/mol. The quantitative estimate of drug-likeness (QED) is 0.774. The third kappa shape index (κ3) is 3.90. The first kappa shape index (κ1) is 16.6. The summed E-state index contributed by atoms with van der Waals surface area (Å²) in [7, 11) is 0. The van der Waals surface area contributed by atoms with Gasteiger partial charge in [0.1, 0.15) is 11.6 Å². The van der Waals surface area contributed by atoms with Gasteiger partial charge in [0.25, 0.3) is 0 Å². The van der Waals surface area contributed by atoms with Crippen LogP contribution in [0.5, 0.6) is 0 Å². The summed E-state index contributed by atoms with van der Waals surface area (Å²) >= 11 is 0. The average Bonchev–Trinajstić information content (AvgIpc) is 2.41. The number of hydrogen-bond acceptors (Lipinski definition) is 4. The Morgan fingerprint density at radius 2 is 1.82 bits per heavy atom. The van der Waals surface area contributed by atoms with Crippen molar-refractivity contribution >= 4 is 17.9 Å². The van der Waals surface area contributed by atoms with Crippen molar-refractivity contribution in [1.29, 1.82) is 0 Å². The van der Waals surface area contributed by atoms with Gasteiger partial charge in [0.15, 0.2) is 0 Å². The smallest absolute Gasteiger partial charge is 0.410 e. The standard InChI is InChI=1S/C15H25N3O4/c1-10-13(20)18(9-12(19)16-10)11-5-7-17(8-6-11)14(21)22-15(2,3)4/h10-11H,5-9H2,1-4H3,(H,16,19)/t10-/m0/s1. The summed E-state index contributed by atoms with van der Waals surface area (Å²) in [6, 6.07) is -0.454. The number of carbonyl (C=O) groups is 3. The summed E-state index contributed by atoms with van der Waals surface area (Å²) in [5, 5.41) is 2.64. The molecular formula is C15H25N3O4. The van der Waals surface area contributed by atoms with E-state index in [-0.39, 0.29) is 30.5 Å². The normalized spacial score (nSPS) is 24.3. The Bertz CT molecular complexity index is 464. The minimum atomic E-state index is -0.510. The van der Waals surface area contributed by atoms with Gasteiger partial charge in [-0.1, -0.05) is 0 Å². The Kier molecular flexibility index (Phi) is 4.63. The number of piperidine rings is 1. The number of likely N-dealkylation sites (tertiary alicyclic amines) is 1. The fourth-order valence-corrected chi connectivity index (χ4v) is 2.83. The van der Waals surface area contributed by atoms with Gasteiger partial charge >= 0.3 is 6.09 Å². The lowest BCUT2D eigenvalue weighted by Crippen LogP contribution is -2.61. The number of piperazine rings is 1. The van der Waals surface area contributed by atoms with Crippen LogP contribution in [0, 0.1) is 0 Å². The van der Waals surface area contributed by atoms with Gasteiger partial charge in [-0.3, -0.25) is 9.59 Å². The SMILES string of the molecule is C[C@@H]1NC(=O)CN(C2CCN(C(=O)OC(C)(C)C)CC2)C1=O. The molecule has 2 heterocycles. The molecule has 0 aromatic carbocycles. The number of hydrogen-bond donors (Lipinski definition) is 1. The highest BCUT2D eigenvalue weighted by atomic mass is 16.6. The molecule has 0 bridgehead atoms. The Morgan fingerprint density at radius 1 is 1.23 bits per heavy atom. The van der Waals surface area contributed by atoms with E-state index in [1.165, 1.54) is 0 Å². The first-order valence-electron chi connectivity index (χ1n) is 7.75. The predicted octanol–water partition coefficient (Wildman–Crippen LogP) is 0.733. The van der Waals surface area contributed by atoms with Crippen molar-refractivity contribution in [1.82, 2.24) is 15.1 Å². The molecule has 2 fully saturated rings. The largest absolute Gasteiger partial charge is 0.444 e. The van der Waals surface area contributed by atoms with Crippen LogP contribution in [0.4, 0.5) is 4.79 Å². The minimum Gasteiger partial charge on any atom is -0.444 e. The van der Waals surface area contributed by atoms with E-state index in [1.807, 2.05) is 20.8 Å². The second-order valence-corrected chi connectivity index (χ2v) is 6.95. The van der Waals surface area contributed by atoms with E-state index in [0.29, 0.717) is 25.9 Å². The van der Waals surface area contributed by atoms with Gasteiger partial charge in [-0.2, -0.15) is 0 Å². The van der Waals surface area contributed by atoms with Crippen molar-refractivity contribution in [2.75, 3.05) is 19.6 Å². The summed E-state index contributed by atoms with van der Waals surface area (Å²) in [4.78, 5) is 39.1. The highest BCUT2D eigenvalue weighted by molar-refractivity contribution is 5.94. The molecule has 1 atom stereocenters. The predicted molar refractivity (Wildman–Crippen MR) is 80.1 cm³/mol. The van der Waals surface area contributed by atoms with E-state index in [1.54, 1.807) is 16.7 Å². The van der Waals surface area contributed by atoms with Crippen LogP contribution >= 0.6 is 0 Å². The first-order valence-corrected chi connectivity index (χ1v) is 7.75. The van der Waals surface area contributed by atoms with E-state index in [4.69, 9.17) is 4.74 Å². The molecule has 0 saturated carbocycles. The lowest BCUT2D eigenvalue weighted by molar-refractivity contribution is -0.147. The van der Waals surface area contributed by atoms with E-state index in [0.717, 1.165) is 0 Å². The van der Waals surface area contributed by atoms with Crippen LogP contribution in [0.25, 0.3) is 0 Å². The number of ether oxygens (including phenoxy) is 1. The molecule has 0 spiro atoms. The molecule has 2 aliphatic heterocycles. The van der Waals surface area contributed by atoms with Crippen LogP contribution in [0.3, 0.4) is 0 Å². The van der Waals surface area contributed by atoms with E-state index >= 15 is 0 Å². The molecule has 0 aromatic heterocycles. The van der Waals surface area contributed by atoms with Crippen molar-refractivity contribution in [2.24, 2.45) is 0 Å². The topological polar surface area (TPSA) is 79.0 Å². The third-order valence-corrected chi connectivity index (χ3v) is 3.90. The fraction of sp³-hybridized carbons (Fsp3) is 0.800. The first-order chi connectivity index (χ1) is 10.2. The number of amides is 3. The summed E-state index contributed by atoms with van der Waals surface area (Å²) < 4.78 is 5.36. The zero-order valence-electron chi connectivity index (χ0n) is 13.7. The van der Waals surface area contributed by atoms with Crippen LogP contribution in [0.1, 0.15) is 40.5 Å². The van der Waals surface area contributed by atoms with Crippen molar-refractivity contribution in [3.05, 3.63) is 0 Å². The third-order valence-electron chi connectivity index (χ3n) is 3.90. The summed E-state index contributed by atoms with van der Waals surface area (Å²) in [6.45, 7) is 8.40. The Morgan fingerprint density at radius 3 is 2.36 bits per heavy atom. The Hall–Kier alpha value is -1.79. The summed E-state index contributed by atoms with van der Waals surface area (Å²) in [5.41, 5.74) is -0.510. The highest BCUT2D eigenvalue weighted by Crippen LogP contribution is 2.21. The molecule has 0 unspecified atom stereocenters. The molecule has 2 saturated heterocycles. The number of carbonyl (C=O) groups excluding carboxylic acids is 3. The van der Waals surface area contributed by atoms with Crippen LogP contribution in [-0.2, 0) is 14.3 Å². The molecule has 2 aliphatic rings. The molecule has 3 amide bonds. The van der Waals surface area contributed by atoms with Crippen LogP contribution < -0.4 is 5.32 Å². The average molecular weight is 311 g/mol. The van der Waals surface area contributed by atoms with E-state index < -0.39 is 11.6 Å². The number of nitrogens with zero attached hydrogens (tertiary/aromatic N) is 2. The Labute approximate surface area is 131 Å². The maximum atomic E-state index is 12.2. The molecule has 0 aromatic rings. The van der Waals surface area contributed by atoms with Crippen LogP contribution in [-0.4, -0.2) is 65.0 Å². The molecule has 0 aliphatic carbocycles. The van der Waals surface area contributed by atoms with Gasteiger partial charge in [0, 0.05) is 19.1 Å². The van der Waals surface area contributed by atoms with Crippen LogP contribution in [0.2, 0.25) is 0 Å². The molecule has 1 N–H and O–H groups in total. The molecule has 0 radical (unpaired) electrons. The van der Waals surface area contributed by atoms with Gasteiger partial charge in [0.05, 0.1) is 6.54 Å². The summed E-state index contributed by atoms with van der Waals surface area (Å²) in [5.74, 6) is -0.169. The molecule has 7 nitrogen and oxygen atoms in total. The van der Waals surface area contributed by atoms with Gasteiger partial charge in [-0.25, -0.2) is 4.79 Å². The molecule has 22 heavy (non-hydrogen) atoms. The van der Waals surface area contributed by atoms with Crippen molar-refractivity contribution in [2.45, 2.75) is 58.2 Å². The molecular weight excluding hydrogens is 286 g/mol. The fourth-order valence-electron chi connectivity index (χ4n) is 2.83. The van der Waals surface area contributed by atoms with E-state index in [9.17, 15) is 14.4 Å². The lowest BCUT2D eigenvalue weighted by atomic mass is 10.0. The van der Waals surface area contributed by atoms with Crippen LogP contribution in [0.15, 0.2) is 0 Å². The Balaban J connectivity index is 1.90. The molecule has 7 heteroatoms. The lowest BCUT2D eigenvalue weighted by Gasteiger charge is -2.41. The molecule has 2 rings (SSSR count).